The van der Waals surface area contributed by atoms with Gasteiger partial charge in [0.1, 0.15) is 6.10 Å². The number of ketones is 1. The summed E-state index contributed by atoms with van der Waals surface area (Å²) in [4.78, 5) is 50.6. The Morgan fingerprint density at radius 2 is 1.50 bits per heavy atom. The average Bonchev–Trinajstić information content (AvgIpc) is 3.17. The number of esters is 2. The molecule has 4 saturated carbocycles. The van der Waals surface area contributed by atoms with Crippen LogP contribution in [0.1, 0.15) is 120 Å². The largest absolute Gasteiger partial charge is 0.478 e. The van der Waals surface area contributed by atoms with Crippen LogP contribution >= 0.6 is 0 Å². The number of hydrogen-bond donors (Lipinski definition) is 1. The molecule has 4 fully saturated rings. The molecule has 0 amide bonds. The second-order valence-corrected chi connectivity index (χ2v) is 16.1. The molecule has 0 aliphatic heterocycles. The molecule has 0 aromatic rings. The molecule has 0 heterocycles. The van der Waals surface area contributed by atoms with E-state index in [0.717, 1.165) is 56.1 Å². The normalized spacial score (nSPS) is 43.0. The Balaban J connectivity index is 1.59. The van der Waals surface area contributed by atoms with Gasteiger partial charge in [0.25, 0.3) is 0 Å². The molecule has 0 spiro atoms. The highest BCUT2D eigenvalue weighted by Crippen LogP contribution is 2.77. The number of hydrogen-bond acceptors (Lipinski definition) is 6. The van der Waals surface area contributed by atoms with Gasteiger partial charge in [-0.15, -0.1) is 0 Å². The Kier molecular flexibility index (Phi) is 7.38. The van der Waals surface area contributed by atoms with Gasteiger partial charge in [0.15, 0.2) is 5.78 Å². The van der Waals surface area contributed by atoms with E-state index in [-0.39, 0.29) is 57.8 Å². The van der Waals surface area contributed by atoms with Gasteiger partial charge in [-0.2, -0.15) is 0 Å². The van der Waals surface area contributed by atoms with Crippen LogP contribution in [-0.2, 0) is 28.7 Å². The van der Waals surface area contributed by atoms with Crippen molar-refractivity contribution in [2.45, 2.75) is 132 Å². The fraction of sp³-hybridized carbons (Fsp3) is 0.829. The summed E-state index contributed by atoms with van der Waals surface area (Å²) in [6.07, 6.45) is 5.94. The van der Waals surface area contributed by atoms with Gasteiger partial charge in [0.05, 0.1) is 0 Å². The van der Waals surface area contributed by atoms with Gasteiger partial charge in [-0.3, -0.25) is 14.4 Å². The van der Waals surface area contributed by atoms with Crippen molar-refractivity contribution in [3.05, 3.63) is 11.1 Å². The fourth-order valence-corrected chi connectivity index (χ4v) is 11.9. The van der Waals surface area contributed by atoms with Crippen LogP contribution in [0.4, 0.5) is 0 Å². The van der Waals surface area contributed by atoms with Gasteiger partial charge in [0.2, 0.25) is 6.10 Å². The van der Waals surface area contributed by atoms with Crippen molar-refractivity contribution in [3.8, 4) is 0 Å². The monoisotopic (exact) mass is 584 g/mol. The SMILES string of the molecule is CC(=O)OC(C(=O)O)C12CCC3(C)C(CCC4C5(C)CCC(OC(C)=O)C(C)(C)C5CCC43C)C1=C(C(C)C)C(=O)C2. The number of aliphatic carboxylic acids is 1. The molecule has 9 atom stereocenters. The molecule has 9 unspecified atom stereocenters. The second kappa shape index (κ2) is 9.92. The number of rotatable bonds is 5. The maximum atomic E-state index is 13.7. The highest BCUT2D eigenvalue weighted by atomic mass is 16.6. The van der Waals surface area contributed by atoms with E-state index < -0.39 is 23.5 Å². The molecular formula is C35H52O7. The summed E-state index contributed by atoms with van der Waals surface area (Å²) in [7, 11) is 0. The van der Waals surface area contributed by atoms with Crippen LogP contribution in [-0.4, -0.2) is 41.0 Å². The van der Waals surface area contributed by atoms with Crippen LogP contribution < -0.4 is 0 Å². The number of fused-ring (bicyclic) bond motifs is 7. The lowest BCUT2D eigenvalue weighted by molar-refractivity contribution is -0.235. The summed E-state index contributed by atoms with van der Waals surface area (Å²) in [5.74, 6) is -1.02. The number of Topliss-reactive ketones (excluding diaryl/α,β-unsaturated/α-hetero) is 1. The van der Waals surface area contributed by atoms with E-state index in [2.05, 4.69) is 34.6 Å². The first-order valence-corrected chi connectivity index (χ1v) is 16.2. The van der Waals surface area contributed by atoms with Crippen LogP contribution in [0.2, 0.25) is 0 Å². The first kappa shape index (κ1) is 31.3. The molecule has 0 bridgehead atoms. The zero-order valence-electron chi connectivity index (χ0n) is 27.2. The van der Waals surface area contributed by atoms with Gasteiger partial charge >= 0.3 is 17.9 Å². The Morgan fingerprint density at radius 1 is 0.833 bits per heavy atom. The number of carbonyl (C=O) groups is 4. The maximum absolute atomic E-state index is 13.7. The van der Waals surface area contributed by atoms with Gasteiger partial charge < -0.3 is 14.6 Å². The van der Waals surface area contributed by atoms with Crippen LogP contribution in [0, 0.1) is 50.7 Å². The van der Waals surface area contributed by atoms with Crippen molar-refractivity contribution in [2.75, 3.05) is 0 Å². The van der Waals surface area contributed by atoms with Gasteiger partial charge in [-0.1, -0.05) is 48.5 Å². The molecule has 5 aliphatic carbocycles. The molecule has 7 heteroatoms. The Bertz CT molecular complexity index is 1230. The number of ether oxygens (including phenoxy) is 2. The van der Waals surface area contributed by atoms with Crippen LogP contribution in [0.3, 0.4) is 0 Å². The third-order valence-corrected chi connectivity index (χ3v) is 13.7. The first-order chi connectivity index (χ1) is 19.4. The van der Waals surface area contributed by atoms with Gasteiger partial charge in [0, 0.05) is 31.1 Å². The zero-order valence-corrected chi connectivity index (χ0v) is 27.2. The van der Waals surface area contributed by atoms with E-state index in [1.54, 1.807) is 0 Å². The van der Waals surface area contributed by atoms with Crippen molar-refractivity contribution in [1.82, 2.24) is 0 Å². The van der Waals surface area contributed by atoms with Gasteiger partial charge in [-0.25, -0.2) is 4.79 Å². The average molecular weight is 585 g/mol. The molecule has 0 saturated heterocycles. The van der Waals surface area contributed by atoms with Crippen molar-refractivity contribution in [3.63, 3.8) is 0 Å². The lowest BCUT2D eigenvalue weighted by Gasteiger charge is -2.72. The third kappa shape index (κ3) is 4.10. The predicted octanol–water partition coefficient (Wildman–Crippen LogP) is 6.92. The van der Waals surface area contributed by atoms with E-state index in [1.807, 2.05) is 13.8 Å². The summed E-state index contributed by atoms with van der Waals surface area (Å²) in [6.45, 7) is 18.8. The molecule has 0 aromatic carbocycles. The zero-order chi connectivity index (χ0) is 31.2. The number of carboxylic acid groups (broad SMARTS) is 1. The van der Waals surface area contributed by atoms with Crippen molar-refractivity contribution in [1.29, 1.82) is 0 Å². The number of allylic oxidation sites excluding steroid dienone is 1. The summed E-state index contributed by atoms with van der Waals surface area (Å²) in [5, 5.41) is 10.4. The molecule has 234 valence electrons. The highest BCUT2D eigenvalue weighted by molar-refractivity contribution is 6.01. The minimum absolute atomic E-state index is 0.00143. The van der Waals surface area contributed by atoms with Gasteiger partial charge in [-0.05, 0) is 102 Å². The van der Waals surface area contributed by atoms with Crippen molar-refractivity contribution >= 4 is 23.7 Å². The Hall–Kier alpha value is -2.18. The van der Waals surface area contributed by atoms with E-state index >= 15 is 0 Å². The van der Waals surface area contributed by atoms with Crippen molar-refractivity contribution in [2.24, 2.45) is 50.7 Å². The lowest BCUT2D eigenvalue weighted by Crippen LogP contribution is -2.66. The molecular weight excluding hydrogens is 532 g/mol. The summed E-state index contributed by atoms with van der Waals surface area (Å²) in [6, 6.07) is 0. The molecule has 5 aliphatic rings. The Morgan fingerprint density at radius 3 is 2.07 bits per heavy atom. The third-order valence-electron chi connectivity index (χ3n) is 13.7. The van der Waals surface area contributed by atoms with Crippen LogP contribution in [0.5, 0.6) is 0 Å². The number of carbonyl (C=O) groups excluding carboxylic acids is 3. The molecule has 5 rings (SSSR count). The van der Waals surface area contributed by atoms with E-state index in [4.69, 9.17) is 9.47 Å². The predicted molar refractivity (Wildman–Crippen MR) is 158 cm³/mol. The van der Waals surface area contributed by atoms with E-state index in [1.165, 1.54) is 13.8 Å². The van der Waals surface area contributed by atoms with Crippen molar-refractivity contribution < 1.29 is 33.8 Å². The summed E-state index contributed by atoms with van der Waals surface area (Å²) < 4.78 is 11.4. The van der Waals surface area contributed by atoms with E-state index in [9.17, 15) is 24.3 Å². The van der Waals surface area contributed by atoms with Crippen LogP contribution in [0.15, 0.2) is 11.1 Å². The molecule has 42 heavy (non-hydrogen) atoms. The highest BCUT2D eigenvalue weighted by Gasteiger charge is 2.71. The quantitative estimate of drug-likeness (QED) is 0.350. The lowest BCUT2D eigenvalue weighted by atomic mass is 9.33. The topological polar surface area (TPSA) is 107 Å². The first-order valence-electron chi connectivity index (χ1n) is 16.2. The molecule has 0 radical (unpaired) electrons. The second-order valence-electron chi connectivity index (χ2n) is 16.1. The minimum atomic E-state index is -1.36. The maximum Gasteiger partial charge on any atom is 0.345 e. The summed E-state index contributed by atoms with van der Waals surface area (Å²) >= 11 is 0. The Labute approximate surface area is 251 Å². The molecule has 7 nitrogen and oxygen atoms in total. The standard InChI is InChI=1S/C35H52O7/c1-19(2)27-23(38)18-35(29(30(39)40)42-21(4)37)17-16-33(8)22(28(27)35)10-11-25-32(7)14-13-26(41-20(3)36)31(5,6)24(32)12-15-34(25,33)9/h19,22,24-26,29H,10-18H2,1-9H3,(H,39,40). The van der Waals surface area contributed by atoms with E-state index in [0.29, 0.717) is 18.3 Å². The molecule has 1 N–H and O–H groups in total. The number of carboxylic acids is 1. The smallest absolute Gasteiger partial charge is 0.345 e. The fourth-order valence-electron chi connectivity index (χ4n) is 11.9. The molecule has 0 aromatic heterocycles. The van der Waals surface area contributed by atoms with Crippen LogP contribution in [0.25, 0.3) is 0 Å². The summed E-state index contributed by atoms with van der Waals surface area (Å²) in [5.41, 5.74) is 0.654. The minimum Gasteiger partial charge on any atom is -0.478 e.